The third kappa shape index (κ3) is 5.53. The zero-order chi connectivity index (χ0) is 21.5. The van der Waals surface area contributed by atoms with E-state index in [1.54, 1.807) is 38.5 Å². The van der Waals surface area contributed by atoms with Gasteiger partial charge in [0.05, 0.1) is 19.8 Å². The Morgan fingerprint density at radius 1 is 0.967 bits per heavy atom. The van der Waals surface area contributed by atoms with E-state index in [0.717, 1.165) is 54.7 Å². The minimum absolute atomic E-state index is 0.0331. The summed E-state index contributed by atoms with van der Waals surface area (Å²) in [7, 11) is 3.27. The van der Waals surface area contributed by atoms with Gasteiger partial charge in [-0.1, -0.05) is 25.0 Å². The van der Waals surface area contributed by atoms with Crippen molar-refractivity contribution in [3.05, 3.63) is 59.2 Å². The van der Waals surface area contributed by atoms with Crippen LogP contribution in [0.3, 0.4) is 0 Å². The van der Waals surface area contributed by atoms with Crippen molar-refractivity contribution in [1.82, 2.24) is 5.32 Å². The number of amides is 1. The van der Waals surface area contributed by atoms with E-state index >= 15 is 0 Å². The summed E-state index contributed by atoms with van der Waals surface area (Å²) >= 11 is 0. The molecule has 1 amide bonds. The quantitative estimate of drug-likeness (QED) is 0.684. The predicted octanol–water partition coefficient (Wildman–Crippen LogP) is 4.07. The van der Waals surface area contributed by atoms with Gasteiger partial charge < -0.3 is 19.9 Å². The fraction of sp³-hybridized carbons (Fsp3) is 0.417. The molecular formula is C24H29NO5. The highest BCUT2D eigenvalue weighted by Crippen LogP contribution is 2.34. The molecule has 0 bridgehead atoms. The second-order valence-corrected chi connectivity index (χ2v) is 7.80. The predicted molar refractivity (Wildman–Crippen MR) is 114 cm³/mol. The fourth-order valence-electron chi connectivity index (χ4n) is 4.17. The lowest BCUT2D eigenvalue weighted by Crippen LogP contribution is -2.37. The number of aromatic carboxylic acids is 1. The van der Waals surface area contributed by atoms with Crippen LogP contribution in [-0.4, -0.2) is 31.2 Å². The average molecular weight is 411 g/mol. The number of nitrogens with one attached hydrogen (secondary N) is 1. The molecule has 6 heteroatoms. The summed E-state index contributed by atoms with van der Waals surface area (Å²) in [4.78, 5) is 23.9. The van der Waals surface area contributed by atoms with Crippen molar-refractivity contribution in [2.75, 3.05) is 14.2 Å². The molecule has 0 spiro atoms. The van der Waals surface area contributed by atoms with Crippen molar-refractivity contribution in [2.45, 2.75) is 38.6 Å². The molecule has 1 aliphatic rings. The molecule has 2 aromatic carbocycles. The molecule has 30 heavy (non-hydrogen) atoms. The van der Waals surface area contributed by atoms with Crippen LogP contribution in [0.15, 0.2) is 42.5 Å². The van der Waals surface area contributed by atoms with Crippen molar-refractivity contribution in [2.24, 2.45) is 11.8 Å². The zero-order valence-electron chi connectivity index (χ0n) is 17.5. The van der Waals surface area contributed by atoms with E-state index in [2.05, 4.69) is 5.32 Å². The maximum Gasteiger partial charge on any atom is 0.335 e. The van der Waals surface area contributed by atoms with Crippen LogP contribution in [0, 0.1) is 11.8 Å². The number of carbonyl (C=O) groups excluding carboxylic acids is 1. The normalized spacial score (nSPS) is 18.5. The zero-order valence-corrected chi connectivity index (χ0v) is 17.5. The summed E-state index contributed by atoms with van der Waals surface area (Å²) in [5.41, 5.74) is 2.24. The van der Waals surface area contributed by atoms with E-state index in [-0.39, 0.29) is 23.3 Å². The summed E-state index contributed by atoms with van der Waals surface area (Å²) in [5, 5.41) is 12.0. The number of rotatable bonds is 8. The Bertz CT molecular complexity index is 855. The molecule has 3 rings (SSSR count). The van der Waals surface area contributed by atoms with Crippen molar-refractivity contribution in [3.8, 4) is 11.5 Å². The lowest BCUT2D eigenvalue weighted by Gasteiger charge is -2.31. The molecule has 2 unspecified atom stereocenters. The molecular weight excluding hydrogens is 382 g/mol. The van der Waals surface area contributed by atoms with Crippen LogP contribution in [-0.2, 0) is 17.8 Å². The van der Waals surface area contributed by atoms with Crippen molar-refractivity contribution >= 4 is 11.9 Å². The number of ether oxygens (including phenoxy) is 2. The van der Waals surface area contributed by atoms with Crippen molar-refractivity contribution < 1.29 is 24.2 Å². The standard InChI is InChI=1S/C24H29NO5/c1-29-20-12-17(13-21(14-20)30-2)11-19-5-3-4-6-22(19)23(26)25-15-16-7-9-18(10-8-16)24(27)28/h7-10,12-14,19,22H,3-6,11,15H2,1-2H3,(H,25,26)(H,27,28). The first-order chi connectivity index (χ1) is 14.5. The van der Waals surface area contributed by atoms with Gasteiger partial charge in [-0.2, -0.15) is 0 Å². The first-order valence-corrected chi connectivity index (χ1v) is 10.3. The molecule has 1 aliphatic carbocycles. The highest BCUT2D eigenvalue weighted by Gasteiger charge is 2.31. The molecule has 1 fully saturated rings. The van der Waals surface area contributed by atoms with E-state index in [4.69, 9.17) is 14.6 Å². The van der Waals surface area contributed by atoms with Gasteiger partial charge in [-0.15, -0.1) is 0 Å². The van der Waals surface area contributed by atoms with Gasteiger partial charge in [0.1, 0.15) is 11.5 Å². The van der Waals surface area contributed by atoms with Crippen molar-refractivity contribution in [3.63, 3.8) is 0 Å². The van der Waals surface area contributed by atoms with Crippen LogP contribution in [0.1, 0.15) is 47.2 Å². The molecule has 2 aromatic rings. The Kier molecular flexibility index (Phi) is 7.33. The van der Waals surface area contributed by atoms with Gasteiger partial charge in [0, 0.05) is 18.5 Å². The third-order valence-corrected chi connectivity index (χ3v) is 5.82. The summed E-state index contributed by atoms with van der Waals surface area (Å²) < 4.78 is 10.8. The number of carboxylic acid groups (broad SMARTS) is 1. The minimum Gasteiger partial charge on any atom is -0.497 e. The van der Waals surface area contributed by atoms with Gasteiger partial charge in [0.15, 0.2) is 0 Å². The van der Waals surface area contributed by atoms with Crippen LogP contribution < -0.4 is 14.8 Å². The largest absolute Gasteiger partial charge is 0.497 e. The van der Waals surface area contributed by atoms with E-state index in [1.807, 2.05) is 18.2 Å². The van der Waals surface area contributed by atoms with E-state index in [1.165, 1.54) is 0 Å². The molecule has 160 valence electrons. The Morgan fingerprint density at radius 3 is 2.20 bits per heavy atom. The van der Waals surface area contributed by atoms with Crippen LogP contribution >= 0.6 is 0 Å². The highest BCUT2D eigenvalue weighted by atomic mass is 16.5. The number of hydrogen-bond acceptors (Lipinski definition) is 4. The second kappa shape index (κ2) is 10.1. The van der Waals surface area contributed by atoms with Gasteiger partial charge in [0.25, 0.3) is 0 Å². The van der Waals surface area contributed by atoms with Crippen molar-refractivity contribution in [1.29, 1.82) is 0 Å². The molecule has 2 atom stereocenters. The van der Waals surface area contributed by atoms with Crippen LogP contribution in [0.5, 0.6) is 11.5 Å². The number of carboxylic acids is 1. The maximum atomic E-state index is 12.9. The maximum absolute atomic E-state index is 12.9. The van der Waals surface area contributed by atoms with Gasteiger partial charge in [-0.25, -0.2) is 4.79 Å². The molecule has 0 radical (unpaired) electrons. The number of carbonyl (C=O) groups is 2. The Labute approximate surface area is 177 Å². The molecule has 2 N–H and O–H groups in total. The molecule has 1 saturated carbocycles. The molecule has 0 heterocycles. The van der Waals surface area contributed by atoms with E-state index in [9.17, 15) is 9.59 Å². The van der Waals surface area contributed by atoms with Crippen LogP contribution in [0.4, 0.5) is 0 Å². The van der Waals surface area contributed by atoms with Gasteiger partial charge in [-0.3, -0.25) is 4.79 Å². The monoisotopic (exact) mass is 411 g/mol. The molecule has 0 saturated heterocycles. The highest BCUT2D eigenvalue weighted by molar-refractivity contribution is 5.87. The lowest BCUT2D eigenvalue weighted by atomic mass is 9.75. The summed E-state index contributed by atoms with van der Waals surface area (Å²) in [6.45, 7) is 0.398. The fourth-order valence-corrected chi connectivity index (χ4v) is 4.17. The Balaban J connectivity index is 1.64. The third-order valence-electron chi connectivity index (χ3n) is 5.82. The van der Waals surface area contributed by atoms with E-state index < -0.39 is 5.97 Å². The second-order valence-electron chi connectivity index (χ2n) is 7.80. The first kappa shape index (κ1) is 21.7. The lowest BCUT2D eigenvalue weighted by molar-refractivity contribution is -0.127. The minimum atomic E-state index is -0.954. The number of methoxy groups -OCH3 is 2. The number of hydrogen-bond donors (Lipinski definition) is 2. The van der Waals surface area contributed by atoms with Gasteiger partial charge in [-0.05, 0) is 60.6 Å². The summed E-state index contributed by atoms with van der Waals surface area (Å²) in [6, 6.07) is 12.5. The van der Waals surface area contributed by atoms with E-state index in [0.29, 0.717) is 6.54 Å². The van der Waals surface area contributed by atoms with Crippen LogP contribution in [0.25, 0.3) is 0 Å². The van der Waals surface area contributed by atoms with Crippen LogP contribution in [0.2, 0.25) is 0 Å². The smallest absolute Gasteiger partial charge is 0.335 e. The average Bonchev–Trinajstić information content (AvgIpc) is 2.77. The SMILES string of the molecule is COc1cc(CC2CCCCC2C(=O)NCc2ccc(C(=O)O)cc2)cc(OC)c1. The Morgan fingerprint density at radius 2 is 1.60 bits per heavy atom. The molecule has 0 aliphatic heterocycles. The summed E-state index contributed by atoms with van der Waals surface area (Å²) in [5.74, 6) is 0.859. The molecule has 6 nitrogen and oxygen atoms in total. The first-order valence-electron chi connectivity index (χ1n) is 10.3. The summed E-state index contributed by atoms with van der Waals surface area (Å²) in [6.07, 6.45) is 4.90. The Hall–Kier alpha value is -3.02. The topological polar surface area (TPSA) is 84.9 Å². The molecule has 0 aromatic heterocycles. The number of benzene rings is 2. The van der Waals surface area contributed by atoms with Gasteiger partial charge in [0.2, 0.25) is 5.91 Å². The van der Waals surface area contributed by atoms with Gasteiger partial charge >= 0.3 is 5.97 Å².